The average molecular weight is 665 g/mol. The Bertz CT molecular complexity index is 1860. The number of carbonyl (C=O) groups is 2. The number of ether oxygens (including phenoxy) is 1. The lowest BCUT2D eigenvalue weighted by atomic mass is 10.0. The fourth-order valence-corrected chi connectivity index (χ4v) is 5.49. The van der Waals surface area contributed by atoms with Crippen molar-refractivity contribution in [3.63, 3.8) is 0 Å². The molecule has 9 nitrogen and oxygen atoms in total. The van der Waals surface area contributed by atoms with E-state index in [0.29, 0.717) is 32.2 Å². The van der Waals surface area contributed by atoms with Gasteiger partial charge in [-0.05, 0) is 77.3 Å². The SMILES string of the molecule is N#Cc1ccc(CNC(=O)c2c3n(c(=O)n2-c2ccc(OC4CC4)cc2)C(C(=O)c2ccc(Br)c(Cl)c2)CNC3)c(F)c1. The summed E-state index contributed by atoms with van der Waals surface area (Å²) in [7, 11) is 0. The summed E-state index contributed by atoms with van der Waals surface area (Å²) in [4.78, 5) is 41.5. The summed E-state index contributed by atoms with van der Waals surface area (Å²) in [5, 5.41) is 15.2. The third-order valence-corrected chi connectivity index (χ3v) is 8.62. The van der Waals surface area contributed by atoms with Crippen LogP contribution in [0, 0.1) is 17.1 Å². The number of amides is 1. The predicted octanol–water partition coefficient (Wildman–Crippen LogP) is 5.06. The summed E-state index contributed by atoms with van der Waals surface area (Å²) < 4.78 is 23.6. The molecule has 3 aromatic carbocycles. The van der Waals surface area contributed by atoms with Gasteiger partial charge in [-0.25, -0.2) is 9.18 Å². The van der Waals surface area contributed by atoms with Gasteiger partial charge in [0.2, 0.25) is 0 Å². The summed E-state index contributed by atoms with van der Waals surface area (Å²) in [5.41, 5.74) is 0.824. The van der Waals surface area contributed by atoms with Crippen molar-refractivity contribution in [2.75, 3.05) is 6.54 Å². The summed E-state index contributed by atoms with van der Waals surface area (Å²) in [6, 6.07) is 16.5. The van der Waals surface area contributed by atoms with E-state index in [4.69, 9.17) is 21.6 Å². The number of rotatable bonds is 8. The highest BCUT2D eigenvalue weighted by Gasteiger charge is 2.35. The maximum atomic E-state index is 14.6. The molecule has 2 aliphatic rings. The number of nitrogens with one attached hydrogen (secondary N) is 2. The third kappa shape index (κ3) is 5.73. The van der Waals surface area contributed by atoms with Gasteiger partial charge in [0.15, 0.2) is 5.78 Å². The number of imidazole rings is 1. The van der Waals surface area contributed by atoms with Crippen LogP contribution >= 0.6 is 27.5 Å². The minimum Gasteiger partial charge on any atom is -0.490 e. The third-order valence-electron chi connectivity index (χ3n) is 7.39. The Labute approximate surface area is 259 Å². The quantitative estimate of drug-likeness (QED) is 0.254. The van der Waals surface area contributed by atoms with E-state index >= 15 is 0 Å². The Balaban J connectivity index is 1.41. The van der Waals surface area contributed by atoms with Crippen LogP contribution in [-0.4, -0.2) is 33.5 Å². The molecule has 1 atom stereocenters. The number of nitriles is 1. The van der Waals surface area contributed by atoms with Crippen molar-refractivity contribution in [3.8, 4) is 17.5 Å². The van der Waals surface area contributed by atoms with E-state index in [1.165, 1.54) is 27.3 Å². The molecule has 0 bridgehead atoms. The topological polar surface area (TPSA) is 118 Å². The van der Waals surface area contributed by atoms with Crippen LogP contribution in [-0.2, 0) is 13.1 Å². The van der Waals surface area contributed by atoms with Crippen LogP contribution in [0.3, 0.4) is 0 Å². The fourth-order valence-electron chi connectivity index (χ4n) is 5.07. The summed E-state index contributed by atoms with van der Waals surface area (Å²) in [6.45, 7) is 0.121. The Hall–Kier alpha value is -4.24. The van der Waals surface area contributed by atoms with Gasteiger partial charge in [0.25, 0.3) is 5.91 Å². The van der Waals surface area contributed by atoms with Gasteiger partial charge >= 0.3 is 5.69 Å². The molecular weight excluding hydrogens is 641 g/mol. The van der Waals surface area contributed by atoms with E-state index in [0.717, 1.165) is 18.9 Å². The van der Waals surface area contributed by atoms with Crippen LogP contribution < -0.4 is 21.1 Å². The number of aromatic nitrogens is 2. The molecule has 0 spiro atoms. The van der Waals surface area contributed by atoms with Crippen LogP contribution in [0.25, 0.3) is 5.69 Å². The number of hydrogen-bond acceptors (Lipinski definition) is 6. The van der Waals surface area contributed by atoms with E-state index in [-0.39, 0.29) is 48.3 Å². The van der Waals surface area contributed by atoms with E-state index in [2.05, 4.69) is 26.6 Å². The van der Waals surface area contributed by atoms with Gasteiger partial charge in [-0.15, -0.1) is 0 Å². The summed E-state index contributed by atoms with van der Waals surface area (Å²) in [6.07, 6.45) is 2.16. The van der Waals surface area contributed by atoms with Gasteiger partial charge in [-0.1, -0.05) is 23.7 Å². The van der Waals surface area contributed by atoms with E-state index in [1.54, 1.807) is 36.4 Å². The van der Waals surface area contributed by atoms with Gasteiger partial charge in [0.05, 0.1) is 34.1 Å². The molecule has 43 heavy (non-hydrogen) atoms. The Morgan fingerprint density at radius 3 is 2.58 bits per heavy atom. The summed E-state index contributed by atoms with van der Waals surface area (Å²) in [5.74, 6) is -0.966. The Kier molecular flexibility index (Phi) is 7.92. The van der Waals surface area contributed by atoms with Gasteiger partial charge in [0, 0.05) is 35.2 Å². The highest BCUT2D eigenvalue weighted by molar-refractivity contribution is 9.10. The van der Waals surface area contributed by atoms with Crippen molar-refractivity contribution in [3.05, 3.63) is 115 Å². The lowest BCUT2D eigenvalue weighted by Crippen LogP contribution is -2.42. The Morgan fingerprint density at radius 1 is 1.14 bits per heavy atom. The highest BCUT2D eigenvalue weighted by Crippen LogP contribution is 2.30. The molecule has 1 aliphatic carbocycles. The standard InChI is InChI=1S/C31H24BrClFN5O4/c32-23-10-3-18(12-24(23)33)29(40)27-16-36-15-26-28(30(41)37-14-19-2-1-17(13-35)11-25(19)34)38(31(42)39(26)27)20-4-6-21(7-5-20)43-22-8-9-22/h1-7,10-12,22,27,36H,8-9,14-16H2,(H,37,41). The first kappa shape index (κ1) is 28.9. The molecule has 0 radical (unpaired) electrons. The first-order valence-electron chi connectivity index (χ1n) is 13.5. The minimum absolute atomic E-state index is 0.0220. The minimum atomic E-state index is -0.949. The zero-order valence-corrected chi connectivity index (χ0v) is 24.9. The van der Waals surface area contributed by atoms with Crippen LogP contribution in [0.5, 0.6) is 5.75 Å². The maximum Gasteiger partial charge on any atom is 0.334 e. The molecule has 0 saturated heterocycles. The molecule has 1 aromatic heterocycles. The number of Topliss-reactive ketones (excluding diaryl/α,β-unsaturated/α-hetero) is 1. The van der Waals surface area contributed by atoms with Gasteiger partial charge in [-0.2, -0.15) is 5.26 Å². The second kappa shape index (κ2) is 11.8. The summed E-state index contributed by atoms with van der Waals surface area (Å²) >= 11 is 9.57. The zero-order chi connectivity index (χ0) is 30.2. The molecule has 2 N–H and O–H groups in total. The molecule has 1 amide bonds. The van der Waals surface area contributed by atoms with Gasteiger partial charge in [-0.3, -0.25) is 18.7 Å². The smallest absolute Gasteiger partial charge is 0.334 e. The number of fused-ring (bicyclic) bond motifs is 1. The van der Waals surface area contributed by atoms with Crippen molar-refractivity contribution < 1.29 is 18.7 Å². The molecule has 4 aromatic rings. The van der Waals surface area contributed by atoms with Crippen molar-refractivity contribution in [2.45, 2.75) is 38.1 Å². The van der Waals surface area contributed by atoms with Crippen molar-refractivity contribution in [2.24, 2.45) is 0 Å². The van der Waals surface area contributed by atoms with Crippen LogP contribution in [0.15, 0.2) is 69.9 Å². The average Bonchev–Trinajstić information content (AvgIpc) is 3.78. The number of halogens is 3. The monoisotopic (exact) mass is 663 g/mol. The number of benzene rings is 3. The predicted molar refractivity (Wildman–Crippen MR) is 160 cm³/mol. The highest BCUT2D eigenvalue weighted by atomic mass is 79.9. The molecule has 12 heteroatoms. The largest absolute Gasteiger partial charge is 0.490 e. The van der Waals surface area contributed by atoms with Crippen LogP contribution in [0.2, 0.25) is 5.02 Å². The van der Waals surface area contributed by atoms with Gasteiger partial charge in [0.1, 0.15) is 23.3 Å². The molecule has 218 valence electrons. The number of hydrogen-bond donors (Lipinski definition) is 2. The van der Waals surface area contributed by atoms with E-state index in [1.807, 2.05) is 6.07 Å². The normalized spacial score (nSPS) is 15.8. The Morgan fingerprint density at radius 2 is 1.91 bits per heavy atom. The van der Waals surface area contributed by atoms with Crippen molar-refractivity contribution in [1.29, 1.82) is 5.26 Å². The fraction of sp³-hybridized carbons (Fsp3) is 0.226. The lowest BCUT2D eigenvalue weighted by Gasteiger charge is -2.25. The molecule has 2 heterocycles. The van der Waals surface area contributed by atoms with E-state index < -0.39 is 23.5 Å². The number of ketones is 1. The number of carbonyl (C=O) groups excluding carboxylic acids is 2. The van der Waals surface area contributed by atoms with Crippen LogP contribution in [0.1, 0.15) is 56.6 Å². The first-order valence-corrected chi connectivity index (χ1v) is 14.7. The molecule has 1 saturated carbocycles. The molecule has 1 aliphatic heterocycles. The first-order chi connectivity index (χ1) is 20.7. The molecular formula is C31H24BrClFN5O4. The lowest BCUT2D eigenvalue weighted by molar-refractivity contribution is 0.0904. The second-order valence-electron chi connectivity index (χ2n) is 10.3. The van der Waals surface area contributed by atoms with E-state index in [9.17, 15) is 18.8 Å². The van der Waals surface area contributed by atoms with Gasteiger partial charge < -0.3 is 15.4 Å². The van der Waals surface area contributed by atoms with Crippen molar-refractivity contribution >= 4 is 39.2 Å². The molecule has 6 rings (SSSR count). The molecule has 1 unspecified atom stereocenters. The van der Waals surface area contributed by atoms with Crippen LogP contribution in [0.4, 0.5) is 4.39 Å². The van der Waals surface area contributed by atoms with Crippen molar-refractivity contribution in [1.82, 2.24) is 19.8 Å². The number of nitrogens with zero attached hydrogens (tertiary/aromatic N) is 3. The zero-order valence-electron chi connectivity index (χ0n) is 22.6. The second-order valence-corrected chi connectivity index (χ2v) is 11.6. The maximum absolute atomic E-state index is 14.6. The molecule has 1 fully saturated rings.